The van der Waals surface area contributed by atoms with Gasteiger partial charge in [-0.15, -0.1) is 11.6 Å². The van der Waals surface area contributed by atoms with Crippen LogP contribution in [0.4, 0.5) is 0 Å². The molecule has 3 rings (SSSR count). The molecule has 2 heterocycles. The number of halogens is 2. The second-order valence-electron chi connectivity index (χ2n) is 4.44. The molecule has 0 radical (unpaired) electrons. The standard InChI is InChI=1S/C14H12BrClN2O/c1-9(16)14-17-12-6-11(15)2-3-13(12)18(14)7-10-4-5-19-8-10/h2-6,8-9H,7H2,1H3. The van der Waals surface area contributed by atoms with E-state index in [1.165, 1.54) is 0 Å². The SMILES string of the molecule is CC(Cl)c1nc2cc(Br)ccc2n1Cc1ccoc1. The van der Waals surface area contributed by atoms with E-state index < -0.39 is 0 Å². The topological polar surface area (TPSA) is 31.0 Å². The summed E-state index contributed by atoms with van der Waals surface area (Å²) in [4.78, 5) is 4.62. The van der Waals surface area contributed by atoms with E-state index in [9.17, 15) is 0 Å². The molecule has 1 aromatic carbocycles. The second-order valence-corrected chi connectivity index (χ2v) is 6.01. The van der Waals surface area contributed by atoms with Gasteiger partial charge in [0.25, 0.3) is 0 Å². The number of furan rings is 1. The van der Waals surface area contributed by atoms with E-state index in [1.54, 1.807) is 12.5 Å². The highest BCUT2D eigenvalue weighted by molar-refractivity contribution is 9.10. The predicted octanol–water partition coefficient (Wildman–Crippen LogP) is 4.74. The van der Waals surface area contributed by atoms with Crippen molar-refractivity contribution in [2.24, 2.45) is 0 Å². The van der Waals surface area contributed by atoms with E-state index in [1.807, 2.05) is 25.1 Å². The van der Waals surface area contributed by atoms with Gasteiger partial charge in [0.2, 0.25) is 0 Å². The van der Waals surface area contributed by atoms with Crippen LogP contribution in [0.3, 0.4) is 0 Å². The van der Waals surface area contributed by atoms with Crippen LogP contribution in [0.15, 0.2) is 45.7 Å². The van der Waals surface area contributed by atoms with Crippen LogP contribution in [-0.4, -0.2) is 9.55 Å². The third-order valence-corrected chi connectivity index (χ3v) is 3.70. The van der Waals surface area contributed by atoms with Gasteiger partial charge in [0.15, 0.2) is 0 Å². The second kappa shape index (κ2) is 5.02. The maximum Gasteiger partial charge on any atom is 0.128 e. The minimum absolute atomic E-state index is 0.141. The fourth-order valence-electron chi connectivity index (χ4n) is 2.16. The third kappa shape index (κ3) is 2.42. The van der Waals surface area contributed by atoms with E-state index in [4.69, 9.17) is 16.0 Å². The highest BCUT2D eigenvalue weighted by atomic mass is 79.9. The molecular formula is C14H12BrClN2O. The molecular weight excluding hydrogens is 328 g/mol. The molecule has 0 saturated heterocycles. The number of imidazole rings is 1. The van der Waals surface area contributed by atoms with Crippen LogP contribution in [0.2, 0.25) is 0 Å². The van der Waals surface area contributed by atoms with Crippen LogP contribution in [-0.2, 0) is 6.54 Å². The molecule has 1 unspecified atom stereocenters. The monoisotopic (exact) mass is 338 g/mol. The highest BCUT2D eigenvalue weighted by Crippen LogP contribution is 2.27. The minimum Gasteiger partial charge on any atom is -0.472 e. The molecule has 0 spiro atoms. The van der Waals surface area contributed by atoms with Gasteiger partial charge in [-0.05, 0) is 31.2 Å². The van der Waals surface area contributed by atoms with E-state index in [0.717, 1.165) is 26.9 Å². The molecule has 0 aliphatic heterocycles. The molecule has 0 saturated carbocycles. The maximum absolute atomic E-state index is 6.24. The number of fused-ring (bicyclic) bond motifs is 1. The van der Waals surface area contributed by atoms with Crippen molar-refractivity contribution in [1.82, 2.24) is 9.55 Å². The Kier molecular flexibility index (Phi) is 3.37. The van der Waals surface area contributed by atoms with Crippen molar-refractivity contribution in [2.75, 3.05) is 0 Å². The molecule has 3 nitrogen and oxygen atoms in total. The van der Waals surface area contributed by atoms with E-state index in [0.29, 0.717) is 6.54 Å². The van der Waals surface area contributed by atoms with E-state index in [2.05, 4.69) is 31.5 Å². The summed E-state index contributed by atoms with van der Waals surface area (Å²) in [5.41, 5.74) is 3.12. The zero-order valence-corrected chi connectivity index (χ0v) is 12.6. The number of nitrogens with zero attached hydrogens (tertiary/aromatic N) is 2. The Balaban J connectivity index is 2.16. The van der Waals surface area contributed by atoms with Crippen molar-refractivity contribution < 1.29 is 4.42 Å². The number of aromatic nitrogens is 2. The van der Waals surface area contributed by atoms with Crippen LogP contribution in [0.5, 0.6) is 0 Å². The van der Waals surface area contributed by atoms with E-state index >= 15 is 0 Å². The van der Waals surface area contributed by atoms with Gasteiger partial charge >= 0.3 is 0 Å². The lowest BCUT2D eigenvalue weighted by Gasteiger charge is -2.09. The zero-order chi connectivity index (χ0) is 13.4. The average Bonchev–Trinajstić information content (AvgIpc) is 2.97. The van der Waals surface area contributed by atoms with E-state index in [-0.39, 0.29) is 5.38 Å². The van der Waals surface area contributed by atoms with Crippen molar-refractivity contribution in [3.8, 4) is 0 Å². The Morgan fingerprint density at radius 2 is 2.26 bits per heavy atom. The molecule has 0 fully saturated rings. The quantitative estimate of drug-likeness (QED) is 0.645. The molecule has 0 aliphatic rings. The van der Waals surface area contributed by atoms with Crippen molar-refractivity contribution in [1.29, 1.82) is 0 Å². The highest BCUT2D eigenvalue weighted by Gasteiger charge is 2.15. The Hall–Kier alpha value is -1.26. The maximum atomic E-state index is 6.24. The van der Waals surface area contributed by atoms with Crippen LogP contribution < -0.4 is 0 Å². The van der Waals surface area contributed by atoms with Crippen LogP contribution in [0.1, 0.15) is 23.7 Å². The first-order chi connectivity index (χ1) is 9.15. The van der Waals surface area contributed by atoms with Gasteiger partial charge in [-0.1, -0.05) is 15.9 Å². The predicted molar refractivity (Wildman–Crippen MR) is 79.5 cm³/mol. The Morgan fingerprint density at radius 3 is 2.95 bits per heavy atom. The summed E-state index contributed by atoms with van der Waals surface area (Å²) in [6.45, 7) is 2.64. The molecule has 19 heavy (non-hydrogen) atoms. The Bertz CT molecular complexity index is 704. The summed E-state index contributed by atoms with van der Waals surface area (Å²) in [6.07, 6.45) is 3.42. The summed E-state index contributed by atoms with van der Waals surface area (Å²) >= 11 is 9.71. The molecule has 0 N–H and O–H groups in total. The first-order valence-electron chi connectivity index (χ1n) is 5.96. The molecule has 0 bridgehead atoms. The normalized spacial score (nSPS) is 13.0. The van der Waals surface area contributed by atoms with Crippen LogP contribution in [0, 0.1) is 0 Å². The smallest absolute Gasteiger partial charge is 0.128 e. The number of hydrogen-bond acceptors (Lipinski definition) is 2. The number of alkyl halides is 1. The van der Waals surface area contributed by atoms with Gasteiger partial charge in [0.05, 0.1) is 35.5 Å². The largest absolute Gasteiger partial charge is 0.472 e. The Labute approximate surface area is 124 Å². The summed E-state index contributed by atoms with van der Waals surface area (Å²) in [6, 6.07) is 8.02. The first-order valence-corrected chi connectivity index (χ1v) is 7.19. The van der Waals surface area contributed by atoms with Gasteiger partial charge in [-0.2, -0.15) is 0 Å². The lowest BCUT2D eigenvalue weighted by Crippen LogP contribution is -2.05. The molecule has 0 aliphatic carbocycles. The van der Waals surface area contributed by atoms with Crippen molar-refractivity contribution in [2.45, 2.75) is 18.8 Å². The van der Waals surface area contributed by atoms with Gasteiger partial charge in [0, 0.05) is 10.0 Å². The number of hydrogen-bond donors (Lipinski definition) is 0. The van der Waals surface area contributed by atoms with Crippen molar-refractivity contribution in [3.05, 3.63) is 52.7 Å². The van der Waals surface area contributed by atoms with Crippen LogP contribution in [0.25, 0.3) is 11.0 Å². The molecule has 1 atom stereocenters. The average molecular weight is 340 g/mol. The molecule has 0 amide bonds. The lowest BCUT2D eigenvalue weighted by molar-refractivity contribution is 0.562. The number of rotatable bonds is 3. The lowest BCUT2D eigenvalue weighted by atomic mass is 10.3. The van der Waals surface area contributed by atoms with Gasteiger partial charge in [-0.3, -0.25) is 0 Å². The summed E-state index contributed by atoms with van der Waals surface area (Å²) < 4.78 is 8.27. The van der Waals surface area contributed by atoms with Gasteiger partial charge in [0.1, 0.15) is 5.82 Å². The molecule has 2 aromatic heterocycles. The molecule has 98 valence electrons. The minimum atomic E-state index is -0.141. The number of benzene rings is 1. The third-order valence-electron chi connectivity index (χ3n) is 3.02. The van der Waals surface area contributed by atoms with Crippen molar-refractivity contribution in [3.63, 3.8) is 0 Å². The van der Waals surface area contributed by atoms with Gasteiger partial charge in [-0.25, -0.2) is 4.98 Å². The Morgan fingerprint density at radius 1 is 1.42 bits per heavy atom. The summed E-state index contributed by atoms with van der Waals surface area (Å²) in [7, 11) is 0. The fourth-order valence-corrected chi connectivity index (χ4v) is 2.67. The summed E-state index contributed by atoms with van der Waals surface area (Å²) in [5.74, 6) is 0.871. The van der Waals surface area contributed by atoms with Gasteiger partial charge < -0.3 is 8.98 Å². The molecule has 3 aromatic rings. The summed E-state index contributed by atoms with van der Waals surface area (Å²) in [5, 5.41) is -0.141. The van der Waals surface area contributed by atoms with Crippen LogP contribution >= 0.6 is 27.5 Å². The first kappa shape index (κ1) is 12.8. The fraction of sp³-hybridized carbons (Fsp3) is 0.214. The molecule has 5 heteroatoms. The zero-order valence-electron chi connectivity index (χ0n) is 10.3. The van der Waals surface area contributed by atoms with Crippen molar-refractivity contribution >= 4 is 38.6 Å².